The molecule has 0 atom stereocenters. The van der Waals surface area contributed by atoms with Crippen molar-refractivity contribution < 1.29 is 9.72 Å². The first kappa shape index (κ1) is 19.8. The van der Waals surface area contributed by atoms with E-state index in [2.05, 4.69) is 33.2 Å². The van der Waals surface area contributed by atoms with Gasteiger partial charge in [0.2, 0.25) is 0 Å². The summed E-state index contributed by atoms with van der Waals surface area (Å²) in [6.45, 7) is 1.66. The Balaban J connectivity index is 2.15. The molecule has 0 aliphatic heterocycles. The lowest BCUT2D eigenvalue weighted by atomic mass is 10.2. The number of nitro groups is 1. The van der Waals surface area contributed by atoms with Gasteiger partial charge in [-0.1, -0.05) is 23.2 Å². The SMILES string of the molecule is Cc1cc([N+](=O)[O-])c(Cl)cc1NC(=S)NC(=O)c1cc(I)ccc1Cl. The lowest BCUT2D eigenvalue weighted by molar-refractivity contribution is -0.384. The van der Waals surface area contributed by atoms with Gasteiger partial charge in [0.15, 0.2) is 5.11 Å². The Hall–Kier alpha value is -1.49. The van der Waals surface area contributed by atoms with Gasteiger partial charge in [0.05, 0.1) is 15.5 Å². The molecule has 130 valence electrons. The van der Waals surface area contributed by atoms with E-state index in [0.717, 1.165) is 3.57 Å². The number of carbonyl (C=O) groups is 1. The van der Waals surface area contributed by atoms with Crippen LogP contribution in [-0.2, 0) is 0 Å². The molecule has 0 radical (unpaired) electrons. The molecule has 0 unspecified atom stereocenters. The van der Waals surface area contributed by atoms with E-state index in [1.807, 2.05) is 0 Å². The monoisotopic (exact) mass is 509 g/mol. The van der Waals surface area contributed by atoms with Crippen LogP contribution in [0.5, 0.6) is 0 Å². The Morgan fingerprint density at radius 1 is 1.24 bits per heavy atom. The molecular formula is C15H10Cl2IN3O3S. The molecule has 0 aliphatic rings. The molecule has 2 aromatic carbocycles. The topological polar surface area (TPSA) is 84.3 Å². The number of nitro benzene ring substituents is 1. The van der Waals surface area contributed by atoms with E-state index in [-0.39, 0.29) is 21.4 Å². The lowest BCUT2D eigenvalue weighted by Crippen LogP contribution is -2.34. The molecule has 2 aromatic rings. The van der Waals surface area contributed by atoms with Gasteiger partial charge in [-0.05, 0) is 71.6 Å². The van der Waals surface area contributed by atoms with Gasteiger partial charge in [-0.25, -0.2) is 0 Å². The Labute approximate surface area is 172 Å². The summed E-state index contributed by atoms with van der Waals surface area (Å²) < 4.78 is 0.851. The zero-order valence-electron chi connectivity index (χ0n) is 12.6. The van der Waals surface area contributed by atoms with Gasteiger partial charge in [0.1, 0.15) is 5.02 Å². The fourth-order valence-corrected chi connectivity index (χ4v) is 3.07. The number of nitrogens with zero attached hydrogens (tertiary/aromatic N) is 1. The third-order valence-electron chi connectivity index (χ3n) is 3.14. The number of anilines is 1. The van der Waals surface area contributed by atoms with Crippen LogP contribution in [0, 0.1) is 20.6 Å². The van der Waals surface area contributed by atoms with E-state index in [1.165, 1.54) is 12.1 Å². The van der Waals surface area contributed by atoms with Crippen molar-refractivity contribution in [1.82, 2.24) is 5.32 Å². The number of hydrogen-bond donors (Lipinski definition) is 2. The highest BCUT2D eigenvalue weighted by Gasteiger charge is 2.17. The third-order valence-corrected chi connectivity index (χ3v) is 4.65. The second-order valence-corrected chi connectivity index (χ2v) is 7.38. The number of amides is 1. The van der Waals surface area contributed by atoms with Crippen LogP contribution < -0.4 is 10.6 Å². The summed E-state index contributed by atoms with van der Waals surface area (Å²) in [6, 6.07) is 7.74. The molecule has 25 heavy (non-hydrogen) atoms. The minimum Gasteiger partial charge on any atom is -0.332 e. The standard InChI is InChI=1S/C15H10Cl2IN3O3S/c1-7-4-13(21(23)24)11(17)6-12(7)19-15(25)20-14(22)9-5-8(18)2-3-10(9)16/h2-6H,1H3,(H2,19,20,22,25). The first-order valence-electron chi connectivity index (χ1n) is 6.71. The number of thiocarbonyl (C=S) groups is 1. The fraction of sp³-hybridized carbons (Fsp3) is 0.0667. The van der Waals surface area contributed by atoms with Crippen LogP contribution >= 0.6 is 58.0 Å². The van der Waals surface area contributed by atoms with Gasteiger partial charge in [-0.2, -0.15) is 0 Å². The van der Waals surface area contributed by atoms with E-state index in [4.69, 9.17) is 35.4 Å². The summed E-state index contributed by atoms with van der Waals surface area (Å²) >= 11 is 19.1. The minimum atomic E-state index is -0.571. The Morgan fingerprint density at radius 3 is 2.56 bits per heavy atom. The van der Waals surface area contributed by atoms with Crippen molar-refractivity contribution in [2.75, 3.05) is 5.32 Å². The normalized spacial score (nSPS) is 10.2. The van der Waals surface area contributed by atoms with Crippen molar-refractivity contribution in [2.24, 2.45) is 0 Å². The van der Waals surface area contributed by atoms with Gasteiger partial charge in [-0.3, -0.25) is 20.2 Å². The first-order valence-corrected chi connectivity index (χ1v) is 8.95. The molecule has 0 fully saturated rings. The second-order valence-electron chi connectivity index (χ2n) is 4.91. The minimum absolute atomic E-state index is 0.0212. The van der Waals surface area contributed by atoms with Crippen LogP contribution in [0.15, 0.2) is 30.3 Å². The van der Waals surface area contributed by atoms with Crippen LogP contribution in [-0.4, -0.2) is 15.9 Å². The summed E-state index contributed by atoms with van der Waals surface area (Å²) in [6.07, 6.45) is 0. The van der Waals surface area contributed by atoms with Gasteiger partial charge in [0.25, 0.3) is 11.6 Å². The van der Waals surface area contributed by atoms with Crippen molar-refractivity contribution in [2.45, 2.75) is 6.92 Å². The quantitative estimate of drug-likeness (QED) is 0.265. The zero-order valence-corrected chi connectivity index (χ0v) is 17.1. The van der Waals surface area contributed by atoms with Gasteiger partial charge < -0.3 is 5.32 Å². The molecule has 0 aromatic heterocycles. The number of benzene rings is 2. The summed E-state index contributed by atoms with van der Waals surface area (Å²) in [5.74, 6) is -0.466. The van der Waals surface area contributed by atoms with Crippen molar-refractivity contribution in [3.05, 3.63) is 65.2 Å². The predicted molar refractivity (Wildman–Crippen MR) is 111 cm³/mol. The number of carbonyl (C=O) groups excluding carboxylic acids is 1. The molecular weight excluding hydrogens is 500 g/mol. The maximum atomic E-state index is 12.3. The average Bonchev–Trinajstić information content (AvgIpc) is 2.52. The van der Waals surface area contributed by atoms with Gasteiger partial charge in [-0.15, -0.1) is 0 Å². The number of rotatable bonds is 3. The number of nitrogens with one attached hydrogen (secondary N) is 2. The smallest absolute Gasteiger partial charge is 0.288 e. The Kier molecular flexibility index (Phi) is 6.55. The average molecular weight is 510 g/mol. The molecule has 2 rings (SSSR count). The summed E-state index contributed by atoms with van der Waals surface area (Å²) in [7, 11) is 0. The first-order chi connectivity index (χ1) is 11.7. The van der Waals surface area contributed by atoms with Crippen LogP contribution in [0.3, 0.4) is 0 Å². The summed E-state index contributed by atoms with van der Waals surface area (Å²) in [4.78, 5) is 22.6. The molecule has 0 saturated heterocycles. The summed E-state index contributed by atoms with van der Waals surface area (Å²) in [5, 5.41) is 16.5. The van der Waals surface area contributed by atoms with Crippen LogP contribution in [0.2, 0.25) is 10.0 Å². The molecule has 6 nitrogen and oxygen atoms in total. The maximum Gasteiger partial charge on any atom is 0.288 e. The zero-order chi connectivity index (χ0) is 18.7. The van der Waals surface area contributed by atoms with E-state index >= 15 is 0 Å². The van der Waals surface area contributed by atoms with E-state index in [9.17, 15) is 14.9 Å². The van der Waals surface area contributed by atoms with Crippen LogP contribution in [0.25, 0.3) is 0 Å². The largest absolute Gasteiger partial charge is 0.332 e. The highest BCUT2D eigenvalue weighted by Crippen LogP contribution is 2.30. The molecule has 0 aliphatic carbocycles. The molecule has 1 amide bonds. The lowest BCUT2D eigenvalue weighted by Gasteiger charge is -2.13. The number of hydrogen-bond acceptors (Lipinski definition) is 4. The fourth-order valence-electron chi connectivity index (χ4n) is 1.94. The van der Waals surface area contributed by atoms with Crippen molar-refractivity contribution >= 4 is 80.4 Å². The highest BCUT2D eigenvalue weighted by atomic mass is 127. The van der Waals surface area contributed by atoms with Crippen LogP contribution in [0.4, 0.5) is 11.4 Å². The molecule has 0 spiro atoms. The van der Waals surface area contributed by atoms with Gasteiger partial charge >= 0.3 is 0 Å². The van der Waals surface area contributed by atoms with E-state index in [0.29, 0.717) is 16.3 Å². The van der Waals surface area contributed by atoms with Crippen molar-refractivity contribution in [3.8, 4) is 0 Å². The van der Waals surface area contributed by atoms with Crippen molar-refractivity contribution in [1.29, 1.82) is 0 Å². The maximum absolute atomic E-state index is 12.3. The van der Waals surface area contributed by atoms with Crippen LogP contribution in [0.1, 0.15) is 15.9 Å². The third kappa shape index (κ3) is 5.00. The molecule has 10 heteroatoms. The number of aryl methyl sites for hydroxylation is 1. The molecule has 0 bridgehead atoms. The molecule has 0 heterocycles. The Bertz CT molecular complexity index is 893. The predicted octanol–water partition coefficient (Wildman–Crippen LogP) is 4.94. The van der Waals surface area contributed by atoms with Crippen molar-refractivity contribution in [3.63, 3.8) is 0 Å². The van der Waals surface area contributed by atoms with E-state index < -0.39 is 10.8 Å². The summed E-state index contributed by atoms with van der Waals surface area (Å²) in [5.41, 5.74) is 1.09. The van der Waals surface area contributed by atoms with E-state index in [1.54, 1.807) is 25.1 Å². The Morgan fingerprint density at radius 2 is 1.92 bits per heavy atom. The number of halogens is 3. The van der Waals surface area contributed by atoms with Gasteiger partial charge in [0, 0.05) is 15.3 Å². The highest BCUT2D eigenvalue weighted by molar-refractivity contribution is 14.1. The second kappa shape index (κ2) is 8.26. The molecule has 2 N–H and O–H groups in total. The molecule has 0 saturated carbocycles.